The molecule has 0 saturated carbocycles. The number of allylic oxidation sites excluding steroid dienone is 1. The molecule has 5 nitrogen and oxygen atoms in total. The van der Waals surface area contributed by atoms with E-state index in [0.29, 0.717) is 11.5 Å². The van der Waals surface area contributed by atoms with E-state index in [4.69, 9.17) is 9.47 Å². The van der Waals surface area contributed by atoms with Gasteiger partial charge < -0.3 is 14.8 Å². The van der Waals surface area contributed by atoms with Crippen LogP contribution in [0, 0.1) is 0 Å². The molecule has 0 amide bonds. The average Bonchev–Trinajstić information content (AvgIpc) is 2.60. The van der Waals surface area contributed by atoms with Crippen molar-refractivity contribution < 1.29 is 14.3 Å². The molecule has 1 aromatic heterocycles. The van der Waals surface area contributed by atoms with E-state index in [1.54, 1.807) is 6.20 Å². The second-order valence-electron chi connectivity index (χ2n) is 6.24. The van der Waals surface area contributed by atoms with E-state index >= 15 is 0 Å². The molecule has 25 heavy (non-hydrogen) atoms. The summed E-state index contributed by atoms with van der Waals surface area (Å²) in [4.78, 5) is 16.9. The number of pyridine rings is 1. The van der Waals surface area contributed by atoms with Crippen LogP contribution in [0.25, 0.3) is 0 Å². The van der Waals surface area contributed by atoms with Crippen LogP contribution in [0.2, 0.25) is 0 Å². The number of nitrogens with one attached hydrogen (secondary N) is 1. The number of aromatic nitrogens is 1. The highest BCUT2D eigenvalue weighted by atomic mass is 16.5. The molecule has 0 spiro atoms. The number of anilines is 1. The fourth-order valence-corrected chi connectivity index (χ4v) is 3.15. The maximum atomic E-state index is 12.5. The fourth-order valence-electron chi connectivity index (χ4n) is 3.15. The van der Waals surface area contributed by atoms with Crippen LogP contribution in [0.1, 0.15) is 37.8 Å². The maximum Gasteiger partial charge on any atom is 0.336 e. The number of carbonyl (C=O) groups excluding carboxylic acids is 1. The van der Waals surface area contributed by atoms with Gasteiger partial charge in [0.15, 0.2) is 0 Å². The number of benzene rings is 1. The molecule has 0 saturated heterocycles. The van der Waals surface area contributed by atoms with Crippen LogP contribution in [0.5, 0.6) is 5.88 Å². The van der Waals surface area contributed by atoms with E-state index in [-0.39, 0.29) is 18.0 Å². The lowest BCUT2D eigenvalue weighted by Crippen LogP contribution is -2.25. The largest absolute Gasteiger partial charge is 0.475 e. The molecule has 2 aromatic rings. The molecule has 1 N–H and O–H groups in total. The summed E-state index contributed by atoms with van der Waals surface area (Å²) in [5.41, 5.74) is 4.09. The topological polar surface area (TPSA) is 60.5 Å². The standard InChI is InChI=1S/C20H22N2O3/c1-12(2)25-19-18-15(10-11-21-19)22-13(3)16(20(23)24-4)17(18)14-8-6-5-7-9-14/h5-12,17,22H,1-4H3. The van der Waals surface area contributed by atoms with Crippen LogP contribution in [0.4, 0.5) is 5.69 Å². The van der Waals surface area contributed by atoms with Gasteiger partial charge in [0, 0.05) is 23.1 Å². The van der Waals surface area contributed by atoms with Gasteiger partial charge in [-0.2, -0.15) is 0 Å². The first-order valence-electron chi connectivity index (χ1n) is 8.29. The zero-order chi connectivity index (χ0) is 18.0. The molecule has 3 rings (SSSR count). The summed E-state index contributed by atoms with van der Waals surface area (Å²) in [5, 5.41) is 3.30. The Morgan fingerprint density at radius 3 is 2.56 bits per heavy atom. The molecule has 1 aromatic carbocycles. The smallest absolute Gasteiger partial charge is 0.336 e. The highest BCUT2D eigenvalue weighted by molar-refractivity contribution is 5.95. The number of hydrogen-bond acceptors (Lipinski definition) is 5. The van der Waals surface area contributed by atoms with E-state index in [0.717, 1.165) is 22.5 Å². The lowest BCUT2D eigenvalue weighted by molar-refractivity contribution is -0.136. The normalized spacial score (nSPS) is 16.3. The van der Waals surface area contributed by atoms with Crippen LogP contribution in [-0.2, 0) is 9.53 Å². The summed E-state index contributed by atoms with van der Waals surface area (Å²) < 4.78 is 11.0. The van der Waals surface area contributed by atoms with Crippen molar-refractivity contribution in [3.63, 3.8) is 0 Å². The molecule has 0 fully saturated rings. The first-order chi connectivity index (χ1) is 12.0. The van der Waals surface area contributed by atoms with E-state index in [2.05, 4.69) is 10.3 Å². The van der Waals surface area contributed by atoms with Crippen LogP contribution >= 0.6 is 0 Å². The van der Waals surface area contributed by atoms with Gasteiger partial charge in [-0.3, -0.25) is 0 Å². The number of hydrogen-bond donors (Lipinski definition) is 1. The van der Waals surface area contributed by atoms with Crippen LogP contribution in [0.3, 0.4) is 0 Å². The second-order valence-corrected chi connectivity index (χ2v) is 6.24. The maximum absolute atomic E-state index is 12.5. The van der Waals surface area contributed by atoms with Gasteiger partial charge >= 0.3 is 5.97 Å². The van der Waals surface area contributed by atoms with Crippen LogP contribution in [-0.4, -0.2) is 24.2 Å². The van der Waals surface area contributed by atoms with E-state index in [1.165, 1.54) is 7.11 Å². The second kappa shape index (κ2) is 6.97. The highest BCUT2D eigenvalue weighted by Crippen LogP contribution is 2.45. The summed E-state index contributed by atoms with van der Waals surface area (Å²) >= 11 is 0. The Kier molecular flexibility index (Phi) is 4.74. The van der Waals surface area contributed by atoms with Crippen molar-refractivity contribution in [3.8, 4) is 5.88 Å². The Balaban J connectivity index is 2.24. The molecule has 1 aliphatic rings. The Bertz CT molecular complexity index is 813. The van der Waals surface area contributed by atoms with Gasteiger partial charge in [-0.15, -0.1) is 0 Å². The molecular weight excluding hydrogens is 316 g/mol. The molecule has 0 bridgehead atoms. The Morgan fingerprint density at radius 2 is 1.92 bits per heavy atom. The first-order valence-corrected chi connectivity index (χ1v) is 8.29. The minimum absolute atomic E-state index is 0.0241. The first kappa shape index (κ1) is 17.0. The van der Waals surface area contributed by atoms with E-state index in [9.17, 15) is 4.79 Å². The van der Waals surface area contributed by atoms with Gasteiger partial charge in [-0.25, -0.2) is 9.78 Å². The number of carbonyl (C=O) groups is 1. The van der Waals surface area contributed by atoms with Crippen molar-refractivity contribution in [1.29, 1.82) is 0 Å². The summed E-state index contributed by atoms with van der Waals surface area (Å²) in [5.74, 6) is -0.126. The predicted molar refractivity (Wildman–Crippen MR) is 96.6 cm³/mol. The van der Waals surface area contributed by atoms with Crippen LogP contribution in [0.15, 0.2) is 53.9 Å². The van der Waals surface area contributed by atoms with Gasteiger partial charge in [0.25, 0.3) is 0 Å². The Labute approximate surface area is 147 Å². The molecule has 0 radical (unpaired) electrons. The van der Waals surface area contributed by atoms with Gasteiger partial charge in [0.1, 0.15) is 0 Å². The molecule has 1 unspecified atom stereocenters. The number of fused-ring (bicyclic) bond motifs is 1. The fraction of sp³-hybridized carbons (Fsp3) is 0.300. The molecule has 130 valence electrons. The molecule has 2 heterocycles. The minimum atomic E-state index is -0.358. The zero-order valence-corrected chi connectivity index (χ0v) is 14.9. The van der Waals surface area contributed by atoms with Gasteiger partial charge in [0.05, 0.1) is 24.7 Å². The highest BCUT2D eigenvalue weighted by Gasteiger charge is 2.35. The Hall–Kier alpha value is -2.82. The van der Waals surface area contributed by atoms with Crippen molar-refractivity contribution >= 4 is 11.7 Å². The molecule has 1 atom stereocenters. The number of ether oxygens (including phenoxy) is 2. The summed E-state index contributed by atoms with van der Waals surface area (Å²) in [7, 11) is 1.40. The lowest BCUT2D eigenvalue weighted by atomic mass is 9.81. The van der Waals surface area contributed by atoms with Crippen molar-refractivity contribution in [2.75, 3.05) is 12.4 Å². The number of esters is 1. The zero-order valence-electron chi connectivity index (χ0n) is 14.9. The average molecular weight is 338 g/mol. The van der Waals surface area contributed by atoms with Crippen molar-refractivity contribution in [2.45, 2.75) is 32.8 Å². The van der Waals surface area contributed by atoms with Crippen molar-refractivity contribution in [1.82, 2.24) is 4.98 Å². The van der Waals surface area contributed by atoms with Crippen molar-refractivity contribution in [2.24, 2.45) is 0 Å². The molecule has 0 aliphatic carbocycles. The number of rotatable bonds is 4. The van der Waals surface area contributed by atoms with Gasteiger partial charge in [0.2, 0.25) is 5.88 Å². The lowest BCUT2D eigenvalue weighted by Gasteiger charge is -2.31. The SMILES string of the molecule is COC(=O)C1=C(C)Nc2ccnc(OC(C)C)c2C1c1ccccc1. The van der Waals surface area contributed by atoms with E-state index < -0.39 is 0 Å². The molecular formula is C20H22N2O3. The van der Waals surface area contributed by atoms with Crippen molar-refractivity contribution in [3.05, 3.63) is 65.0 Å². The monoisotopic (exact) mass is 338 g/mol. The quantitative estimate of drug-likeness (QED) is 0.858. The van der Waals surface area contributed by atoms with Gasteiger partial charge in [-0.1, -0.05) is 30.3 Å². The van der Waals surface area contributed by atoms with E-state index in [1.807, 2.05) is 57.2 Å². The summed E-state index contributed by atoms with van der Waals surface area (Å²) in [6, 6.07) is 11.8. The van der Waals surface area contributed by atoms with Crippen LogP contribution < -0.4 is 10.1 Å². The summed E-state index contributed by atoms with van der Waals surface area (Å²) in [6.07, 6.45) is 1.69. The number of nitrogens with zero attached hydrogens (tertiary/aromatic N) is 1. The predicted octanol–water partition coefficient (Wildman–Crippen LogP) is 3.87. The molecule has 5 heteroatoms. The summed E-state index contributed by atoms with van der Waals surface area (Å²) in [6.45, 7) is 5.79. The third-order valence-corrected chi connectivity index (χ3v) is 4.14. The molecule has 1 aliphatic heterocycles. The minimum Gasteiger partial charge on any atom is -0.475 e. The third-order valence-electron chi connectivity index (χ3n) is 4.14. The third kappa shape index (κ3) is 3.22. The van der Waals surface area contributed by atoms with Gasteiger partial charge in [-0.05, 0) is 32.4 Å². The number of methoxy groups -OCH3 is 1. The Morgan fingerprint density at radius 1 is 1.20 bits per heavy atom.